The zero-order valence-corrected chi connectivity index (χ0v) is 10.1. The second kappa shape index (κ2) is 8.47. The second-order valence-corrected chi connectivity index (χ2v) is 3.46. The minimum Gasteiger partial charge on any atom is -0.382 e. The first kappa shape index (κ1) is 13.4. The Morgan fingerprint density at radius 1 is 1.59 bits per heavy atom. The van der Waals surface area contributed by atoms with E-state index in [-0.39, 0.29) is 5.91 Å². The fourth-order valence-corrected chi connectivity index (χ4v) is 1.24. The molecule has 0 bridgehead atoms. The lowest BCUT2D eigenvalue weighted by molar-refractivity contribution is -0.116. The van der Waals surface area contributed by atoms with Crippen LogP contribution >= 0.6 is 0 Å². The zero-order valence-electron chi connectivity index (χ0n) is 10.1. The van der Waals surface area contributed by atoms with Crippen molar-refractivity contribution in [2.75, 3.05) is 19.8 Å². The van der Waals surface area contributed by atoms with Crippen molar-refractivity contribution in [3.8, 4) is 0 Å². The fourth-order valence-electron chi connectivity index (χ4n) is 1.24. The molecule has 1 aromatic rings. The van der Waals surface area contributed by atoms with E-state index >= 15 is 0 Å². The number of rotatable bonds is 7. The first-order valence-corrected chi connectivity index (χ1v) is 5.76. The van der Waals surface area contributed by atoms with Gasteiger partial charge < -0.3 is 10.1 Å². The molecule has 0 spiro atoms. The molecule has 1 aromatic heterocycles. The van der Waals surface area contributed by atoms with Crippen LogP contribution in [0.3, 0.4) is 0 Å². The van der Waals surface area contributed by atoms with Gasteiger partial charge in [-0.3, -0.25) is 9.78 Å². The van der Waals surface area contributed by atoms with Gasteiger partial charge in [-0.1, -0.05) is 6.07 Å². The van der Waals surface area contributed by atoms with Gasteiger partial charge in [0.05, 0.1) is 0 Å². The highest BCUT2D eigenvalue weighted by molar-refractivity contribution is 5.91. The molecule has 0 aliphatic rings. The Bertz CT molecular complexity index is 350. The van der Waals surface area contributed by atoms with Gasteiger partial charge in [0.15, 0.2) is 0 Å². The Hall–Kier alpha value is -1.68. The molecule has 17 heavy (non-hydrogen) atoms. The summed E-state index contributed by atoms with van der Waals surface area (Å²) in [5.41, 5.74) is 0.914. The van der Waals surface area contributed by atoms with Crippen LogP contribution in [-0.2, 0) is 9.53 Å². The third-order valence-electron chi connectivity index (χ3n) is 2.08. The lowest BCUT2D eigenvalue weighted by atomic mass is 10.2. The van der Waals surface area contributed by atoms with Gasteiger partial charge >= 0.3 is 0 Å². The van der Waals surface area contributed by atoms with Crippen molar-refractivity contribution >= 4 is 12.0 Å². The summed E-state index contributed by atoms with van der Waals surface area (Å²) in [5, 5.41) is 2.79. The number of nitrogens with zero attached hydrogens (tertiary/aromatic N) is 1. The molecule has 92 valence electrons. The number of hydrogen-bond donors (Lipinski definition) is 1. The molecule has 1 amide bonds. The van der Waals surface area contributed by atoms with Crippen LogP contribution in [0.5, 0.6) is 0 Å². The first-order chi connectivity index (χ1) is 8.33. The van der Waals surface area contributed by atoms with Gasteiger partial charge in [-0.15, -0.1) is 0 Å². The van der Waals surface area contributed by atoms with E-state index < -0.39 is 0 Å². The van der Waals surface area contributed by atoms with Gasteiger partial charge in [0, 0.05) is 38.2 Å². The van der Waals surface area contributed by atoms with Crippen LogP contribution in [0, 0.1) is 0 Å². The first-order valence-electron chi connectivity index (χ1n) is 5.76. The van der Waals surface area contributed by atoms with Gasteiger partial charge in [-0.05, 0) is 31.1 Å². The maximum Gasteiger partial charge on any atom is 0.244 e. The maximum atomic E-state index is 11.4. The molecule has 0 saturated heterocycles. The third-order valence-corrected chi connectivity index (χ3v) is 2.08. The topological polar surface area (TPSA) is 51.2 Å². The summed E-state index contributed by atoms with van der Waals surface area (Å²) in [4.78, 5) is 15.3. The van der Waals surface area contributed by atoms with Crippen molar-refractivity contribution < 1.29 is 9.53 Å². The minimum absolute atomic E-state index is 0.0923. The smallest absolute Gasteiger partial charge is 0.244 e. The molecule has 0 aromatic carbocycles. The largest absolute Gasteiger partial charge is 0.382 e. The highest BCUT2D eigenvalue weighted by Crippen LogP contribution is 1.97. The molecule has 1 heterocycles. The van der Waals surface area contributed by atoms with E-state index in [0.29, 0.717) is 13.2 Å². The van der Waals surface area contributed by atoms with Crippen LogP contribution in [0.25, 0.3) is 6.08 Å². The minimum atomic E-state index is -0.0923. The molecular weight excluding hydrogens is 216 g/mol. The number of ether oxygens (including phenoxy) is 1. The summed E-state index contributed by atoms with van der Waals surface area (Å²) >= 11 is 0. The predicted molar refractivity (Wildman–Crippen MR) is 67.4 cm³/mol. The van der Waals surface area contributed by atoms with Crippen molar-refractivity contribution in [1.29, 1.82) is 0 Å². The summed E-state index contributed by atoms with van der Waals surface area (Å²) in [6.45, 7) is 3.99. The SMILES string of the molecule is CCOCCCNC(=O)/C=C/c1cccnc1. The lowest BCUT2D eigenvalue weighted by Crippen LogP contribution is -2.23. The van der Waals surface area contributed by atoms with Crippen LogP contribution in [0.4, 0.5) is 0 Å². The number of carbonyl (C=O) groups excluding carboxylic acids is 1. The summed E-state index contributed by atoms with van der Waals surface area (Å²) in [6, 6.07) is 3.73. The molecule has 4 nitrogen and oxygen atoms in total. The van der Waals surface area contributed by atoms with Crippen LogP contribution in [-0.4, -0.2) is 30.6 Å². The van der Waals surface area contributed by atoms with Crippen molar-refractivity contribution in [3.05, 3.63) is 36.2 Å². The van der Waals surface area contributed by atoms with Crippen molar-refractivity contribution in [3.63, 3.8) is 0 Å². The van der Waals surface area contributed by atoms with E-state index in [4.69, 9.17) is 4.74 Å². The van der Waals surface area contributed by atoms with Crippen LogP contribution in [0.1, 0.15) is 18.9 Å². The summed E-state index contributed by atoms with van der Waals surface area (Å²) in [5.74, 6) is -0.0923. The van der Waals surface area contributed by atoms with Crippen LogP contribution in [0.15, 0.2) is 30.6 Å². The van der Waals surface area contributed by atoms with Gasteiger partial charge in [0.1, 0.15) is 0 Å². The average Bonchev–Trinajstić information content (AvgIpc) is 2.37. The van der Waals surface area contributed by atoms with Crippen molar-refractivity contribution in [2.24, 2.45) is 0 Å². The Kier molecular flexibility index (Phi) is 6.67. The zero-order chi connectivity index (χ0) is 12.3. The van der Waals surface area contributed by atoms with Crippen LogP contribution < -0.4 is 5.32 Å². The summed E-state index contributed by atoms with van der Waals surface area (Å²) in [7, 11) is 0. The van der Waals surface area contributed by atoms with E-state index in [9.17, 15) is 4.79 Å². The summed E-state index contributed by atoms with van der Waals surface area (Å²) < 4.78 is 5.17. The Morgan fingerprint density at radius 3 is 3.18 bits per heavy atom. The maximum absolute atomic E-state index is 11.4. The molecule has 0 radical (unpaired) electrons. The van der Waals surface area contributed by atoms with E-state index in [1.165, 1.54) is 6.08 Å². The lowest BCUT2D eigenvalue weighted by Gasteiger charge is -2.02. The number of hydrogen-bond acceptors (Lipinski definition) is 3. The highest BCUT2D eigenvalue weighted by Gasteiger charge is 1.94. The van der Waals surface area contributed by atoms with Crippen molar-refractivity contribution in [1.82, 2.24) is 10.3 Å². The summed E-state index contributed by atoms with van der Waals surface area (Å²) in [6.07, 6.45) is 7.49. The Morgan fingerprint density at radius 2 is 2.47 bits per heavy atom. The predicted octanol–water partition coefficient (Wildman–Crippen LogP) is 1.64. The Labute approximate surface area is 102 Å². The average molecular weight is 234 g/mol. The van der Waals surface area contributed by atoms with Gasteiger partial charge in [-0.2, -0.15) is 0 Å². The van der Waals surface area contributed by atoms with Gasteiger partial charge in [-0.25, -0.2) is 0 Å². The fraction of sp³-hybridized carbons (Fsp3) is 0.385. The molecule has 0 unspecified atom stereocenters. The molecular formula is C13H18N2O2. The monoisotopic (exact) mass is 234 g/mol. The molecule has 0 saturated carbocycles. The molecule has 0 aliphatic heterocycles. The van der Waals surface area contributed by atoms with Gasteiger partial charge in [0.25, 0.3) is 0 Å². The standard InChI is InChI=1S/C13H18N2O2/c1-2-17-10-4-9-15-13(16)7-6-12-5-3-8-14-11-12/h3,5-8,11H,2,4,9-10H2,1H3,(H,15,16)/b7-6+. The number of carbonyl (C=O) groups is 1. The quantitative estimate of drug-likeness (QED) is 0.576. The Balaban J connectivity index is 2.19. The molecule has 0 atom stereocenters. The van der Waals surface area contributed by atoms with E-state index in [1.807, 2.05) is 19.1 Å². The number of aromatic nitrogens is 1. The third kappa shape index (κ3) is 6.48. The van der Waals surface area contributed by atoms with E-state index in [1.54, 1.807) is 18.5 Å². The number of pyridine rings is 1. The van der Waals surface area contributed by atoms with E-state index in [0.717, 1.165) is 18.6 Å². The van der Waals surface area contributed by atoms with E-state index in [2.05, 4.69) is 10.3 Å². The van der Waals surface area contributed by atoms with Crippen molar-refractivity contribution in [2.45, 2.75) is 13.3 Å². The molecule has 0 fully saturated rings. The molecule has 1 rings (SSSR count). The number of nitrogens with one attached hydrogen (secondary N) is 1. The molecule has 0 aliphatic carbocycles. The molecule has 1 N–H and O–H groups in total. The number of amides is 1. The second-order valence-electron chi connectivity index (χ2n) is 3.46. The normalized spacial score (nSPS) is 10.6. The molecule has 4 heteroatoms. The van der Waals surface area contributed by atoms with Gasteiger partial charge in [0.2, 0.25) is 5.91 Å². The highest BCUT2D eigenvalue weighted by atomic mass is 16.5. The van der Waals surface area contributed by atoms with Crippen LogP contribution in [0.2, 0.25) is 0 Å².